The fourth-order valence-electron chi connectivity index (χ4n) is 1.47. The number of carboxylic acids is 1. The molecule has 0 radical (unpaired) electrons. The smallest absolute Gasteiger partial charge is 0.325 e. The van der Waals surface area contributed by atoms with E-state index in [0.29, 0.717) is 16.0 Å². The van der Waals surface area contributed by atoms with Gasteiger partial charge in [-0.1, -0.05) is 12.1 Å². The first-order chi connectivity index (χ1) is 9.22. The molecule has 2 aromatic heterocycles. The van der Waals surface area contributed by atoms with Crippen LogP contribution in [0.1, 0.15) is 0 Å². The second-order valence-electron chi connectivity index (χ2n) is 3.56. The Morgan fingerprint density at radius 3 is 3.05 bits per heavy atom. The number of carboxylic acid groups (broad SMARTS) is 1. The van der Waals surface area contributed by atoms with Gasteiger partial charge in [-0.15, -0.1) is 5.10 Å². The monoisotopic (exact) mass is 277 g/mol. The van der Waals surface area contributed by atoms with E-state index in [2.05, 4.69) is 20.5 Å². The average molecular weight is 277 g/mol. The van der Waals surface area contributed by atoms with Gasteiger partial charge in [0.1, 0.15) is 12.1 Å². The number of benzene rings is 1. The summed E-state index contributed by atoms with van der Waals surface area (Å²) in [6, 6.07) is 7.32. The lowest BCUT2D eigenvalue weighted by Crippen LogP contribution is -2.11. The van der Waals surface area contributed by atoms with E-state index in [0.717, 1.165) is 17.3 Å². The lowest BCUT2D eigenvalue weighted by Gasteiger charge is -1.97. The maximum absolute atomic E-state index is 10.6. The predicted molar refractivity (Wildman–Crippen MR) is 63.6 cm³/mol. The molecule has 0 spiro atoms. The number of aliphatic carboxylic acids is 1. The molecule has 0 amide bonds. The van der Waals surface area contributed by atoms with Gasteiger partial charge in [0.2, 0.25) is 5.16 Å². The van der Waals surface area contributed by atoms with Crippen LogP contribution in [-0.4, -0.2) is 36.3 Å². The highest BCUT2D eigenvalue weighted by Gasteiger charge is 2.14. The van der Waals surface area contributed by atoms with Crippen molar-refractivity contribution in [1.29, 1.82) is 0 Å². The number of tetrazole rings is 1. The van der Waals surface area contributed by atoms with Gasteiger partial charge in [0.25, 0.3) is 5.22 Å². The summed E-state index contributed by atoms with van der Waals surface area (Å²) >= 11 is 1.07. The number of fused-ring (bicyclic) bond motifs is 1. The number of oxazole rings is 1. The van der Waals surface area contributed by atoms with E-state index >= 15 is 0 Å². The molecule has 3 aromatic rings. The highest BCUT2D eigenvalue weighted by molar-refractivity contribution is 7.99. The quantitative estimate of drug-likeness (QED) is 0.754. The predicted octanol–water partition coefficient (Wildman–Crippen LogP) is 1.05. The molecule has 0 unspecified atom stereocenters. The van der Waals surface area contributed by atoms with Crippen molar-refractivity contribution in [3.8, 4) is 0 Å². The van der Waals surface area contributed by atoms with Crippen LogP contribution in [-0.2, 0) is 11.3 Å². The minimum absolute atomic E-state index is 0.310. The Balaban J connectivity index is 1.88. The van der Waals surface area contributed by atoms with Gasteiger partial charge in [-0.05, 0) is 22.6 Å². The molecule has 9 heteroatoms. The minimum Gasteiger partial charge on any atom is -0.480 e. The molecule has 0 saturated carbocycles. The zero-order chi connectivity index (χ0) is 13.2. The number of hydrogen-bond donors (Lipinski definition) is 1. The highest BCUT2D eigenvalue weighted by atomic mass is 32.2. The molecule has 0 saturated heterocycles. The molecule has 0 atom stereocenters. The normalized spacial score (nSPS) is 10.9. The minimum atomic E-state index is -1.02. The van der Waals surface area contributed by atoms with Crippen LogP contribution in [0.4, 0.5) is 0 Å². The number of rotatable bonds is 4. The van der Waals surface area contributed by atoms with Crippen molar-refractivity contribution < 1.29 is 14.3 Å². The molecule has 0 bridgehead atoms. The molecule has 0 fully saturated rings. The number of carbonyl (C=O) groups is 1. The number of nitrogens with zero attached hydrogens (tertiary/aromatic N) is 5. The average Bonchev–Trinajstić information content (AvgIpc) is 2.95. The maximum atomic E-state index is 10.6. The first-order valence-corrected chi connectivity index (χ1v) is 6.05. The zero-order valence-corrected chi connectivity index (χ0v) is 10.2. The fraction of sp³-hybridized carbons (Fsp3) is 0.100. The van der Waals surface area contributed by atoms with E-state index in [9.17, 15) is 4.79 Å². The maximum Gasteiger partial charge on any atom is 0.325 e. The van der Waals surface area contributed by atoms with Gasteiger partial charge in [0.05, 0.1) is 0 Å². The first-order valence-electron chi connectivity index (χ1n) is 5.24. The topological polar surface area (TPSA) is 107 Å². The summed E-state index contributed by atoms with van der Waals surface area (Å²) in [6.45, 7) is -0.310. The van der Waals surface area contributed by atoms with Gasteiger partial charge in [-0.2, -0.15) is 0 Å². The number of aromatic nitrogens is 5. The first kappa shape index (κ1) is 11.7. The summed E-state index contributed by atoms with van der Waals surface area (Å²) in [5.74, 6) is -1.02. The molecular weight excluding hydrogens is 270 g/mol. The molecule has 8 nitrogen and oxygen atoms in total. The van der Waals surface area contributed by atoms with Gasteiger partial charge in [0, 0.05) is 11.8 Å². The fourth-order valence-corrected chi connectivity index (χ4v) is 2.19. The molecule has 1 N–H and O–H groups in total. The molecule has 19 heavy (non-hydrogen) atoms. The molecule has 2 heterocycles. The summed E-state index contributed by atoms with van der Waals surface area (Å²) in [7, 11) is 0. The third-order valence-electron chi connectivity index (χ3n) is 2.24. The Kier molecular flexibility index (Phi) is 2.88. The number of para-hydroxylation sites is 2. The Labute approximate surface area is 110 Å². The van der Waals surface area contributed by atoms with Gasteiger partial charge in [-0.3, -0.25) is 4.79 Å². The van der Waals surface area contributed by atoms with Crippen molar-refractivity contribution in [1.82, 2.24) is 25.2 Å². The van der Waals surface area contributed by atoms with Gasteiger partial charge < -0.3 is 9.52 Å². The van der Waals surface area contributed by atoms with E-state index in [1.165, 1.54) is 4.68 Å². The lowest BCUT2D eigenvalue weighted by atomic mass is 10.3. The summed E-state index contributed by atoms with van der Waals surface area (Å²) in [5, 5.41) is 20.2. The Bertz CT molecular complexity index is 704. The van der Waals surface area contributed by atoms with E-state index in [1.54, 1.807) is 6.07 Å². The van der Waals surface area contributed by atoms with Crippen molar-refractivity contribution in [2.45, 2.75) is 16.9 Å². The lowest BCUT2D eigenvalue weighted by molar-refractivity contribution is -0.138. The van der Waals surface area contributed by atoms with E-state index < -0.39 is 5.97 Å². The Hall–Kier alpha value is -2.42. The van der Waals surface area contributed by atoms with Crippen LogP contribution >= 0.6 is 11.8 Å². The van der Waals surface area contributed by atoms with Crippen LogP contribution in [0.15, 0.2) is 39.1 Å². The van der Waals surface area contributed by atoms with Gasteiger partial charge in [-0.25, -0.2) is 9.67 Å². The van der Waals surface area contributed by atoms with Crippen LogP contribution in [0.2, 0.25) is 0 Å². The van der Waals surface area contributed by atoms with Crippen LogP contribution in [0.5, 0.6) is 0 Å². The summed E-state index contributed by atoms with van der Waals surface area (Å²) in [4.78, 5) is 14.9. The second-order valence-corrected chi connectivity index (χ2v) is 4.48. The van der Waals surface area contributed by atoms with Crippen molar-refractivity contribution in [3.05, 3.63) is 24.3 Å². The Morgan fingerprint density at radius 2 is 2.26 bits per heavy atom. The van der Waals surface area contributed by atoms with E-state index in [4.69, 9.17) is 9.52 Å². The van der Waals surface area contributed by atoms with Crippen LogP contribution in [0.25, 0.3) is 11.1 Å². The molecular formula is C10H7N5O3S. The number of hydrogen-bond acceptors (Lipinski definition) is 7. The third kappa shape index (κ3) is 2.40. The molecule has 3 rings (SSSR count). The third-order valence-corrected chi connectivity index (χ3v) is 3.06. The molecule has 0 aliphatic heterocycles. The SMILES string of the molecule is O=C(O)Cn1nnnc1Sc1nc2ccccc2o1. The van der Waals surface area contributed by atoms with Crippen molar-refractivity contribution in [3.63, 3.8) is 0 Å². The van der Waals surface area contributed by atoms with E-state index in [1.807, 2.05) is 18.2 Å². The van der Waals surface area contributed by atoms with Crippen LogP contribution in [0, 0.1) is 0 Å². The van der Waals surface area contributed by atoms with Crippen LogP contribution < -0.4 is 0 Å². The molecule has 0 aliphatic rings. The second kappa shape index (κ2) is 4.69. The van der Waals surface area contributed by atoms with Crippen molar-refractivity contribution in [2.24, 2.45) is 0 Å². The molecule has 96 valence electrons. The molecule has 1 aromatic carbocycles. The molecule has 0 aliphatic carbocycles. The van der Waals surface area contributed by atoms with Gasteiger partial charge >= 0.3 is 5.97 Å². The standard InChI is InChI=1S/C10H7N5O3S/c16-8(17)5-15-9(12-13-14-15)19-10-11-6-3-1-2-4-7(6)18-10/h1-4H,5H2,(H,16,17). The largest absolute Gasteiger partial charge is 0.480 e. The van der Waals surface area contributed by atoms with E-state index in [-0.39, 0.29) is 6.54 Å². The van der Waals surface area contributed by atoms with Crippen molar-refractivity contribution >= 4 is 28.8 Å². The summed E-state index contributed by atoms with van der Waals surface area (Å²) in [5.41, 5.74) is 1.38. The highest BCUT2D eigenvalue weighted by Crippen LogP contribution is 2.27. The summed E-state index contributed by atoms with van der Waals surface area (Å²) < 4.78 is 6.67. The van der Waals surface area contributed by atoms with Crippen molar-refractivity contribution in [2.75, 3.05) is 0 Å². The van der Waals surface area contributed by atoms with Gasteiger partial charge in [0.15, 0.2) is 5.58 Å². The summed E-state index contributed by atoms with van der Waals surface area (Å²) in [6.07, 6.45) is 0. The zero-order valence-electron chi connectivity index (χ0n) is 9.42. The van der Waals surface area contributed by atoms with Crippen LogP contribution in [0.3, 0.4) is 0 Å². The Morgan fingerprint density at radius 1 is 1.42 bits per heavy atom.